The number of benzene rings is 1. The Labute approximate surface area is 204 Å². The molecule has 3 amide bonds. The average molecular weight is 502 g/mol. The van der Waals surface area contributed by atoms with Gasteiger partial charge in [0.25, 0.3) is 0 Å². The third kappa shape index (κ3) is 8.68. The van der Waals surface area contributed by atoms with Crippen LogP contribution in [0.2, 0.25) is 10.0 Å². The molecule has 184 valence electrons. The summed E-state index contributed by atoms with van der Waals surface area (Å²) in [5.74, 6) is -0.699. The summed E-state index contributed by atoms with van der Waals surface area (Å²) in [6.07, 6.45) is 0.285. The Hall–Kier alpha value is -2.03. The van der Waals surface area contributed by atoms with E-state index in [0.717, 1.165) is 18.4 Å². The lowest BCUT2D eigenvalue weighted by Gasteiger charge is -2.33. The number of hydrogen-bond donors (Lipinski definition) is 3. The number of carbonyl (C=O) groups is 3. The first kappa shape index (κ1) is 27.2. The third-order valence-electron chi connectivity index (χ3n) is 5.32. The first-order chi connectivity index (χ1) is 15.4. The van der Waals surface area contributed by atoms with E-state index in [-0.39, 0.29) is 18.7 Å². The molecule has 0 radical (unpaired) electrons. The predicted molar refractivity (Wildman–Crippen MR) is 127 cm³/mol. The number of ether oxygens (including phenoxy) is 1. The number of rotatable bonds is 7. The minimum Gasteiger partial charge on any atom is -0.444 e. The molecule has 8 nitrogen and oxygen atoms in total. The zero-order valence-corrected chi connectivity index (χ0v) is 21.0. The third-order valence-corrected chi connectivity index (χ3v) is 6.06. The summed E-state index contributed by atoms with van der Waals surface area (Å²) in [7, 11) is 1.51. The summed E-state index contributed by atoms with van der Waals surface area (Å²) in [5, 5.41) is 17.2. The van der Waals surface area contributed by atoms with Crippen LogP contribution in [-0.4, -0.2) is 65.3 Å². The van der Waals surface area contributed by atoms with Crippen molar-refractivity contribution in [2.75, 3.05) is 13.6 Å². The standard InChI is InChI=1S/C23H33Cl2N3O5/c1-23(2,3)33-22(32)28(4)18(12-14-8-9-15(24)16(25)11-14)19(29)13-20(30)27-17-7-5-6-10-26-21(17)31/h8-9,11,17-19,29H,5-7,10,12-13H2,1-4H3,(H,26,31)(H,27,30)/t17-,18?,19-/m1/s1. The molecule has 1 aromatic rings. The predicted octanol–water partition coefficient (Wildman–Crippen LogP) is 3.31. The smallest absolute Gasteiger partial charge is 0.410 e. The van der Waals surface area contributed by atoms with Gasteiger partial charge in [0.2, 0.25) is 11.8 Å². The van der Waals surface area contributed by atoms with E-state index in [9.17, 15) is 19.5 Å². The van der Waals surface area contributed by atoms with Crippen molar-refractivity contribution >= 4 is 41.1 Å². The van der Waals surface area contributed by atoms with Crippen molar-refractivity contribution in [2.24, 2.45) is 0 Å². The Morgan fingerprint density at radius 1 is 1.27 bits per heavy atom. The largest absolute Gasteiger partial charge is 0.444 e. The topological polar surface area (TPSA) is 108 Å². The number of carbonyl (C=O) groups excluding carboxylic acids is 3. The maximum Gasteiger partial charge on any atom is 0.410 e. The monoisotopic (exact) mass is 501 g/mol. The molecule has 3 N–H and O–H groups in total. The van der Waals surface area contributed by atoms with Crippen molar-refractivity contribution in [3.63, 3.8) is 0 Å². The van der Waals surface area contributed by atoms with E-state index in [2.05, 4.69) is 10.6 Å². The molecule has 1 heterocycles. The number of hydrogen-bond acceptors (Lipinski definition) is 5. The van der Waals surface area contributed by atoms with Gasteiger partial charge in [-0.05, 0) is 64.2 Å². The summed E-state index contributed by atoms with van der Waals surface area (Å²) < 4.78 is 5.44. The minimum atomic E-state index is -1.22. The minimum absolute atomic E-state index is 0.213. The van der Waals surface area contributed by atoms with Crippen molar-refractivity contribution in [1.29, 1.82) is 0 Å². The van der Waals surface area contributed by atoms with Gasteiger partial charge in [-0.2, -0.15) is 0 Å². The molecule has 0 spiro atoms. The number of nitrogens with one attached hydrogen (secondary N) is 2. The molecule has 0 aliphatic carbocycles. The highest BCUT2D eigenvalue weighted by Crippen LogP contribution is 2.25. The molecule has 0 bridgehead atoms. The van der Waals surface area contributed by atoms with Crippen molar-refractivity contribution in [2.45, 2.75) is 76.7 Å². The van der Waals surface area contributed by atoms with Crippen molar-refractivity contribution in [3.05, 3.63) is 33.8 Å². The van der Waals surface area contributed by atoms with Crippen molar-refractivity contribution in [3.8, 4) is 0 Å². The second-order valence-electron chi connectivity index (χ2n) is 9.29. The molecule has 1 fully saturated rings. The van der Waals surface area contributed by atoms with Crippen LogP contribution >= 0.6 is 23.2 Å². The van der Waals surface area contributed by atoms with Crippen LogP contribution in [0, 0.1) is 0 Å². The molecule has 0 aromatic heterocycles. The molecule has 33 heavy (non-hydrogen) atoms. The van der Waals surface area contributed by atoms with Gasteiger partial charge >= 0.3 is 6.09 Å². The van der Waals surface area contributed by atoms with E-state index in [1.165, 1.54) is 11.9 Å². The quantitative estimate of drug-likeness (QED) is 0.531. The van der Waals surface area contributed by atoms with Gasteiger partial charge < -0.3 is 25.4 Å². The van der Waals surface area contributed by atoms with E-state index in [4.69, 9.17) is 27.9 Å². The maximum atomic E-state index is 12.7. The Balaban J connectivity index is 2.15. The SMILES string of the molecule is CN(C(=O)OC(C)(C)C)C(Cc1ccc(Cl)c(Cl)c1)[C@H](O)CC(=O)N[C@@H]1CCCCNC1=O. The lowest BCUT2D eigenvalue weighted by Crippen LogP contribution is -2.51. The number of nitrogens with zero attached hydrogens (tertiary/aromatic N) is 1. The molecule has 2 rings (SSSR count). The maximum absolute atomic E-state index is 12.7. The van der Waals surface area contributed by atoms with Crippen molar-refractivity contribution < 1.29 is 24.2 Å². The summed E-state index contributed by atoms with van der Waals surface area (Å²) in [6, 6.07) is 3.61. The zero-order valence-electron chi connectivity index (χ0n) is 19.5. The van der Waals surface area contributed by atoms with Crippen molar-refractivity contribution in [1.82, 2.24) is 15.5 Å². The van der Waals surface area contributed by atoms with Crippen LogP contribution in [0.4, 0.5) is 4.79 Å². The molecular weight excluding hydrogens is 469 g/mol. The Morgan fingerprint density at radius 3 is 2.61 bits per heavy atom. The van der Waals surface area contributed by atoms with E-state index < -0.39 is 35.8 Å². The lowest BCUT2D eigenvalue weighted by molar-refractivity contribution is -0.130. The number of likely N-dealkylation sites (N-methyl/N-ethyl adjacent to an activating group) is 1. The van der Waals surface area contributed by atoms with Crippen LogP contribution in [0.5, 0.6) is 0 Å². The van der Waals surface area contributed by atoms with Crippen LogP contribution in [0.1, 0.15) is 52.0 Å². The van der Waals surface area contributed by atoms with Gasteiger partial charge in [0.1, 0.15) is 11.6 Å². The number of amides is 3. The van der Waals surface area contributed by atoms with Crippen LogP contribution < -0.4 is 10.6 Å². The first-order valence-corrected chi connectivity index (χ1v) is 11.8. The van der Waals surface area contributed by atoms with Crippen LogP contribution in [0.25, 0.3) is 0 Å². The fourth-order valence-electron chi connectivity index (χ4n) is 3.56. The highest BCUT2D eigenvalue weighted by atomic mass is 35.5. The number of aliphatic hydroxyl groups is 1. The fourth-order valence-corrected chi connectivity index (χ4v) is 3.89. The zero-order chi connectivity index (χ0) is 24.8. The Morgan fingerprint density at radius 2 is 1.97 bits per heavy atom. The van der Waals surface area contributed by atoms with Gasteiger partial charge in [0, 0.05) is 13.6 Å². The van der Waals surface area contributed by atoms with E-state index in [0.29, 0.717) is 23.0 Å². The first-order valence-electron chi connectivity index (χ1n) is 11.0. The van der Waals surface area contributed by atoms with Gasteiger partial charge in [-0.15, -0.1) is 0 Å². The summed E-state index contributed by atoms with van der Waals surface area (Å²) >= 11 is 12.1. The Kier molecular flexibility index (Phi) is 9.82. The highest BCUT2D eigenvalue weighted by molar-refractivity contribution is 6.42. The Bertz CT molecular complexity index is 859. The van der Waals surface area contributed by atoms with Gasteiger partial charge in [-0.3, -0.25) is 9.59 Å². The molecule has 1 saturated heterocycles. The molecule has 1 aliphatic heterocycles. The lowest BCUT2D eigenvalue weighted by atomic mass is 9.97. The van der Waals surface area contributed by atoms with Crippen LogP contribution in [0.15, 0.2) is 18.2 Å². The molecule has 1 aliphatic rings. The summed E-state index contributed by atoms with van der Waals surface area (Å²) in [6.45, 7) is 5.82. The second kappa shape index (κ2) is 11.9. The van der Waals surface area contributed by atoms with Gasteiger partial charge in [-0.25, -0.2) is 4.79 Å². The molecular formula is C23H33Cl2N3O5. The van der Waals surface area contributed by atoms with Crippen LogP contribution in [-0.2, 0) is 20.7 Å². The number of aliphatic hydroxyl groups excluding tert-OH is 1. The molecule has 3 atom stereocenters. The van der Waals surface area contributed by atoms with Gasteiger partial charge in [-0.1, -0.05) is 29.3 Å². The number of halogens is 2. The van der Waals surface area contributed by atoms with Gasteiger partial charge in [0.05, 0.1) is 28.6 Å². The highest BCUT2D eigenvalue weighted by Gasteiger charge is 2.33. The molecule has 10 heteroatoms. The van der Waals surface area contributed by atoms with Gasteiger partial charge in [0.15, 0.2) is 0 Å². The molecule has 0 saturated carbocycles. The van der Waals surface area contributed by atoms with E-state index >= 15 is 0 Å². The second-order valence-corrected chi connectivity index (χ2v) is 10.1. The molecule has 1 unspecified atom stereocenters. The van der Waals surface area contributed by atoms with Crippen LogP contribution in [0.3, 0.4) is 0 Å². The summed E-state index contributed by atoms with van der Waals surface area (Å²) in [5.41, 5.74) is 0.00156. The normalized spacial score (nSPS) is 18.5. The van der Waals surface area contributed by atoms with E-state index in [1.807, 2.05) is 0 Å². The molecule has 1 aromatic carbocycles. The summed E-state index contributed by atoms with van der Waals surface area (Å²) in [4.78, 5) is 38.7. The average Bonchev–Trinajstić information content (AvgIpc) is 2.91. The van der Waals surface area contributed by atoms with E-state index in [1.54, 1.807) is 39.0 Å². The fraction of sp³-hybridized carbons (Fsp3) is 0.609.